The third-order valence-electron chi connectivity index (χ3n) is 6.92. The Morgan fingerprint density at radius 2 is 2.03 bits per heavy atom. The first-order valence-corrected chi connectivity index (χ1v) is 11.4. The molecule has 2 aliphatic rings. The maximum Gasteiger partial charge on any atom is 0.274 e. The van der Waals surface area contributed by atoms with E-state index in [2.05, 4.69) is 15.0 Å². The first-order valence-electron chi connectivity index (χ1n) is 11.4. The molecule has 8 nitrogen and oxygen atoms in total. The molecule has 0 bridgehead atoms. The number of amides is 1. The third-order valence-corrected chi connectivity index (χ3v) is 6.92. The SMILES string of the molecule is Cc1cc2c(cc1C(=O)N1CCc3ncccc3C1)[nH]c(=O)c1cnc(C3CCOCC3)n12. The Balaban J connectivity index is 1.43. The minimum absolute atomic E-state index is 0.0277. The zero-order valence-electron chi connectivity index (χ0n) is 18.5. The molecule has 0 aliphatic carbocycles. The first kappa shape index (κ1) is 20.1. The van der Waals surface area contributed by atoms with Crippen molar-refractivity contribution in [3.05, 3.63) is 75.2 Å². The maximum atomic E-state index is 13.5. The fourth-order valence-electron chi connectivity index (χ4n) is 5.13. The fourth-order valence-corrected chi connectivity index (χ4v) is 5.13. The van der Waals surface area contributed by atoms with Gasteiger partial charge < -0.3 is 14.6 Å². The summed E-state index contributed by atoms with van der Waals surface area (Å²) in [7, 11) is 0. The van der Waals surface area contributed by atoms with Gasteiger partial charge in [-0.1, -0.05) is 6.07 Å². The molecule has 0 atom stereocenters. The number of carbonyl (C=O) groups is 1. The fraction of sp³-hybridized carbons (Fsp3) is 0.360. The van der Waals surface area contributed by atoms with Gasteiger partial charge in [0.1, 0.15) is 11.3 Å². The van der Waals surface area contributed by atoms with E-state index >= 15 is 0 Å². The quantitative estimate of drug-likeness (QED) is 0.514. The van der Waals surface area contributed by atoms with Crippen molar-refractivity contribution >= 4 is 22.5 Å². The number of aromatic amines is 1. The Labute approximate surface area is 190 Å². The van der Waals surface area contributed by atoms with Crippen molar-refractivity contribution in [3.8, 4) is 0 Å². The molecule has 168 valence electrons. The number of carbonyl (C=O) groups excluding carboxylic acids is 1. The predicted molar refractivity (Wildman–Crippen MR) is 124 cm³/mol. The minimum atomic E-state index is -0.200. The lowest BCUT2D eigenvalue weighted by Crippen LogP contribution is -2.36. The van der Waals surface area contributed by atoms with E-state index in [-0.39, 0.29) is 17.4 Å². The number of hydrogen-bond donors (Lipinski definition) is 1. The molecule has 1 amide bonds. The minimum Gasteiger partial charge on any atom is -0.381 e. The number of ether oxygens (including phenoxy) is 1. The van der Waals surface area contributed by atoms with Gasteiger partial charge in [0.25, 0.3) is 11.5 Å². The third kappa shape index (κ3) is 3.33. The number of hydrogen-bond acceptors (Lipinski definition) is 5. The average molecular weight is 444 g/mol. The molecular formula is C25H25N5O3. The molecule has 1 saturated heterocycles. The lowest BCUT2D eigenvalue weighted by atomic mass is 9.99. The Morgan fingerprint density at radius 3 is 2.88 bits per heavy atom. The monoisotopic (exact) mass is 443 g/mol. The summed E-state index contributed by atoms with van der Waals surface area (Å²) >= 11 is 0. The van der Waals surface area contributed by atoms with E-state index < -0.39 is 0 Å². The highest BCUT2D eigenvalue weighted by Crippen LogP contribution is 2.29. The van der Waals surface area contributed by atoms with E-state index in [9.17, 15) is 9.59 Å². The molecule has 1 aromatic carbocycles. The molecule has 2 aliphatic heterocycles. The molecule has 3 aromatic heterocycles. The number of imidazole rings is 1. The predicted octanol–water partition coefficient (Wildman–Crippen LogP) is 2.97. The standard InChI is InChI=1S/C25H25N5O3/c1-15-11-21-20(12-18(15)25(32)29-8-4-19-17(14-29)3-2-7-26-19)28-24(31)22-13-27-23(30(21)22)16-5-9-33-10-6-16/h2-3,7,11-13,16H,4-6,8-10,14H2,1H3,(H,28,31). The van der Waals surface area contributed by atoms with Crippen LogP contribution in [0.3, 0.4) is 0 Å². The molecule has 0 saturated carbocycles. The van der Waals surface area contributed by atoms with Crippen LogP contribution in [0.1, 0.15) is 51.8 Å². The molecule has 5 heterocycles. The van der Waals surface area contributed by atoms with Gasteiger partial charge in [-0.2, -0.15) is 0 Å². The van der Waals surface area contributed by atoms with Crippen molar-refractivity contribution < 1.29 is 9.53 Å². The molecule has 6 rings (SSSR count). The highest BCUT2D eigenvalue weighted by atomic mass is 16.5. The normalized spacial score (nSPS) is 16.9. The molecule has 0 spiro atoms. The van der Waals surface area contributed by atoms with E-state index in [1.807, 2.05) is 40.5 Å². The molecular weight excluding hydrogens is 418 g/mol. The summed E-state index contributed by atoms with van der Waals surface area (Å²) in [5.74, 6) is 1.11. The smallest absolute Gasteiger partial charge is 0.274 e. The number of H-pyrrole nitrogens is 1. The van der Waals surface area contributed by atoms with Crippen molar-refractivity contribution in [2.75, 3.05) is 19.8 Å². The molecule has 4 aromatic rings. The molecule has 0 unspecified atom stereocenters. The highest BCUT2D eigenvalue weighted by molar-refractivity contribution is 5.99. The topological polar surface area (TPSA) is 92.6 Å². The van der Waals surface area contributed by atoms with E-state index in [1.54, 1.807) is 12.4 Å². The lowest BCUT2D eigenvalue weighted by Gasteiger charge is -2.28. The molecule has 1 fully saturated rings. The van der Waals surface area contributed by atoms with Crippen LogP contribution in [0.15, 0.2) is 41.5 Å². The van der Waals surface area contributed by atoms with E-state index in [1.165, 1.54) is 0 Å². The van der Waals surface area contributed by atoms with Gasteiger partial charge in [0.2, 0.25) is 0 Å². The largest absolute Gasteiger partial charge is 0.381 e. The molecule has 33 heavy (non-hydrogen) atoms. The van der Waals surface area contributed by atoms with Crippen LogP contribution in [0.5, 0.6) is 0 Å². The zero-order valence-corrected chi connectivity index (χ0v) is 18.5. The number of rotatable bonds is 2. The van der Waals surface area contributed by atoms with Crippen LogP contribution in [-0.2, 0) is 17.7 Å². The second kappa shape index (κ2) is 7.81. The number of pyridine rings is 1. The van der Waals surface area contributed by atoms with Crippen molar-refractivity contribution in [1.29, 1.82) is 0 Å². The summed E-state index contributed by atoms with van der Waals surface area (Å²) in [5, 5.41) is 0. The van der Waals surface area contributed by atoms with Gasteiger partial charge >= 0.3 is 0 Å². The average Bonchev–Trinajstić information content (AvgIpc) is 3.30. The van der Waals surface area contributed by atoms with Crippen LogP contribution in [0.25, 0.3) is 16.6 Å². The number of nitrogens with zero attached hydrogens (tertiary/aromatic N) is 4. The Morgan fingerprint density at radius 1 is 1.18 bits per heavy atom. The van der Waals surface area contributed by atoms with Gasteiger partial charge in [0, 0.05) is 56.1 Å². The summed E-state index contributed by atoms with van der Waals surface area (Å²) in [6, 6.07) is 7.75. The Hall–Kier alpha value is -3.52. The van der Waals surface area contributed by atoms with Crippen LogP contribution in [0, 0.1) is 6.92 Å². The van der Waals surface area contributed by atoms with Gasteiger partial charge in [-0.05, 0) is 49.1 Å². The Bertz CT molecular complexity index is 1450. The molecule has 1 N–H and O–H groups in total. The summed E-state index contributed by atoms with van der Waals surface area (Å²) < 4.78 is 7.48. The molecule has 0 radical (unpaired) electrons. The highest BCUT2D eigenvalue weighted by Gasteiger charge is 2.26. The second-order valence-electron chi connectivity index (χ2n) is 8.95. The molecule has 8 heteroatoms. The van der Waals surface area contributed by atoms with Crippen molar-refractivity contribution in [1.82, 2.24) is 24.3 Å². The van der Waals surface area contributed by atoms with Crippen molar-refractivity contribution in [2.24, 2.45) is 0 Å². The first-order chi connectivity index (χ1) is 16.1. The van der Waals surface area contributed by atoms with Crippen molar-refractivity contribution in [3.63, 3.8) is 0 Å². The maximum absolute atomic E-state index is 13.5. The van der Waals surface area contributed by atoms with Gasteiger partial charge in [0.05, 0.1) is 17.2 Å². The van der Waals surface area contributed by atoms with Gasteiger partial charge in [-0.3, -0.25) is 19.0 Å². The van der Waals surface area contributed by atoms with Crippen LogP contribution >= 0.6 is 0 Å². The summed E-state index contributed by atoms with van der Waals surface area (Å²) in [6.07, 6.45) is 5.96. The number of nitrogens with one attached hydrogen (secondary N) is 1. The number of aromatic nitrogens is 4. The van der Waals surface area contributed by atoms with E-state index in [0.29, 0.717) is 42.9 Å². The van der Waals surface area contributed by atoms with Crippen LogP contribution in [0.4, 0.5) is 0 Å². The summed E-state index contributed by atoms with van der Waals surface area (Å²) in [6.45, 7) is 4.53. The lowest BCUT2D eigenvalue weighted by molar-refractivity contribution is 0.0733. The summed E-state index contributed by atoms with van der Waals surface area (Å²) in [4.78, 5) is 40.2. The Kier molecular flexibility index (Phi) is 4.76. The van der Waals surface area contributed by atoms with Crippen LogP contribution in [-0.4, -0.2) is 49.9 Å². The van der Waals surface area contributed by atoms with Crippen LogP contribution < -0.4 is 5.56 Å². The number of fused-ring (bicyclic) bond motifs is 4. The van der Waals surface area contributed by atoms with Gasteiger partial charge in [-0.25, -0.2) is 4.98 Å². The van der Waals surface area contributed by atoms with Gasteiger partial charge in [-0.15, -0.1) is 0 Å². The van der Waals surface area contributed by atoms with Crippen molar-refractivity contribution in [2.45, 2.75) is 38.6 Å². The van der Waals surface area contributed by atoms with E-state index in [4.69, 9.17) is 4.74 Å². The van der Waals surface area contributed by atoms with E-state index in [0.717, 1.165) is 47.4 Å². The summed E-state index contributed by atoms with van der Waals surface area (Å²) in [5.41, 5.74) is 5.48. The number of aryl methyl sites for hydroxylation is 1. The van der Waals surface area contributed by atoms with Gasteiger partial charge in [0.15, 0.2) is 0 Å². The number of benzene rings is 1. The zero-order chi connectivity index (χ0) is 22.5. The second-order valence-corrected chi connectivity index (χ2v) is 8.95. The van der Waals surface area contributed by atoms with Crippen LogP contribution in [0.2, 0.25) is 0 Å².